The number of nitrogens with zero attached hydrogens (tertiary/aromatic N) is 1. The van der Waals surface area contributed by atoms with Crippen LogP contribution in [0.25, 0.3) is 0 Å². The third-order valence-corrected chi connectivity index (χ3v) is 4.06. The summed E-state index contributed by atoms with van der Waals surface area (Å²) in [7, 11) is 0. The molecule has 8 heteroatoms. The number of ether oxygens (including phenoxy) is 2. The molecule has 21 heavy (non-hydrogen) atoms. The lowest BCUT2D eigenvalue weighted by atomic mass is 9.75. The Kier molecular flexibility index (Phi) is 5.08. The molecule has 1 aliphatic heterocycles. The largest absolute Gasteiger partial charge is 0.377 e. The van der Waals surface area contributed by atoms with Crippen LogP contribution in [0.5, 0.6) is 0 Å². The smallest absolute Gasteiger partial charge is 0.330 e. The number of carbonyl (C=O) groups is 1. The number of carbonyl (C=O) groups excluding carboxylic acids is 1. The van der Waals surface area contributed by atoms with Crippen LogP contribution in [0.2, 0.25) is 0 Å². The summed E-state index contributed by atoms with van der Waals surface area (Å²) in [6.45, 7) is -0.215. The van der Waals surface area contributed by atoms with Crippen LogP contribution in [0.15, 0.2) is 0 Å². The molecule has 0 unspecified atom stereocenters. The maximum absolute atomic E-state index is 12.6. The normalized spacial score (nSPS) is 21.7. The van der Waals surface area contributed by atoms with Crippen molar-refractivity contribution in [3.63, 3.8) is 0 Å². The van der Waals surface area contributed by atoms with Crippen molar-refractivity contribution >= 4 is 5.91 Å². The minimum absolute atomic E-state index is 0.0823. The first-order valence-corrected chi connectivity index (χ1v) is 6.99. The zero-order valence-electron chi connectivity index (χ0n) is 11.6. The third-order valence-electron chi connectivity index (χ3n) is 4.06. The predicted molar refractivity (Wildman–Crippen MR) is 65.5 cm³/mol. The summed E-state index contributed by atoms with van der Waals surface area (Å²) < 4.78 is 59.0. The van der Waals surface area contributed by atoms with Gasteiger partial charge in [0.05, 0.1) is 31.8 Å². The molecule has 1 saturated heterocycles. The van der Waals surface area contributed by atoms with Crippen molar-refractivity contribution in [2.24, 2.45) is 0 Å². The summed E-state index contributed by atoms with van der Waals surface area (Å²) in [5.74, 6) is -4.37. The SMILES string of the molecule is O=C(CCOCC(F)(F)C(F)F)N1CCOCC12CCC2. The second-order valence-electron chi connectivity index (χ2n) is 5.54. The predicted octanol–water partition coefficient (Wildman–Crippen LogP) is 2.08. The number of hydrogen-bond donors (Lipinski definition) is 0. The van der Waals surface area contributed by atoms with Crippen molar-refractivity contribution < 1.29 is 31.8 Å². The van der Waals surface area contributed by atoms with Crippen molar-refractivity contribution in [2.75, 3.05) is 33.0 Å². The molecule has 1 spiro atoms. The van der Waals surface area contributed by atoms with Crippen LogP contribution in [0.4, 0.5) is 17.6 Å². The first-order valence-electron chi connectivity index (χ1n) is 6.99. The van der Waals surface area contributed by atoms with Crippen LogP contribution in [0, 0.1) is 0 Å². The van der Waals surface area contributed by atoms with E-state index in [1.807, 2.05) is 0 Å². The summed E-state index contributed by atoms with van der Waals surface area (Å²) in [5.41, 5.74) is -0.248. The van der Waals surface area contributed by atoms with Gasteiger partial charge in [0.2, 0.25) is 5.91 Å². The number of rotatable bonds is 6. The van der Waals surface area contributed by atoms with Crippen molar-refractivity contribution in [3.8, 4) is 0 Å². The van der Waals surface area contributed by atoms with E-state index in [2.05, 4.69) is 4.74 Å². The summed E-state index contributed by atoms with van der Waals surface area (Å²) in [6, 6.07) is 0. The van der Waals surface area contributed by atoms with E-state index < -0.39 is 19.0 Å². The Balaban J connectivity index is 1.74. The topological polar surface area (TPSA) is 38.8 Å². The van der Waals surface area contributed by atoms with E-state index in [-0.39, 0.29) is 24.5 Å². The molecule has 1 aliphatic carbocycles. The van der Waals surface area contributed by atoms with Crippen molar-refractivity contribution in [1.82, 2.24) is 4.90 Å². The average Bonchev–Trinajstić information content (AvgIpc) is 2.41. The summed E-state index contributed by atoms with van der Waals surface area (Å²) >= 11 is 0. The molecule has 1 saturated carbocycles. The van der Waals surface area contributed by atoms with Crippen LogP contribution < -0.4 is 0 Å². The average molecular weight is 313 g/mol. The standard InChI is InChI=1S/C13H19F4NO3/c14-11(15)13(16,17)9-20-6-2-10(19)18-5-7-21-8-12(18)3-1-4-12/h11H,1-9H2. The Hall–Kier alpha value is -0.890. The highest BCUT2D eigenvalue weighted by Crippen LogP contribution is 2.39. The maximum atomic E-state index is 12.6. The Morgan fingerprint density at radius 1 is 1.38 bits per heavy atom. The number of morpholine rings is 1. The lowest BCUT2D eigenvalue weighted by Gasteiger charge is -2.52. The van der Waals surface area contributed by atoms with E-state index in [0.29, 0.717) is 19.8 Å². The second kappa shape index (κ2) is 6.48. The Labute approximate surface area is 120 Å². The molecule has 122 valence electrons. The molecule has 2 rings (SSSR count). The third kappa shape index (κ3) is 3.66. The zero-order chi connectivity index (χ0) is 15.5. The van der Waals surface area contributed by atoms with E-state index in [9.17, 15) is 22.4 Å². The lowest BCUT2D eigenvalue weighted by molar-refractivity contribution is -0.171. The lowest BCUT2D eigenvalue weighted by Crippen LogP contribution is -2.62. The van der Waals surface area contributed by atoms with Gasteiger partial charge in [0, 0.05) is 6.54 Å². The van der Waals surface area contributed by atoms with E-state index in [1.165, 1.54) is 0 Å². The molecule has 0 bridgehead atoms. The molecule has 0 atom stereocenters. The molecule has 0 N–H and O–H groups in total. The van der Waals surface area contributed by atoms with Crippen molar-refractivity contribution in [1.29, 1.82) is 0 Å². The Morgan fingerprint density at radius 2 is 2.10 bits per heavy atom. The van der Waals surface area contributed by atoms with Gasteiger partial charge in [-0.1, -0.05) is 0 Å². The molecule has 2 fully saturated rings. The van der Waals surface area contributed by atoms with Gasteiger partial charge < -0.3 is 14.4 Å². The van der Waals surface area contributed by atoms with Gasteiger partial charge in [-0.05, 0) is 19.3 Å². The molecule has 1 amide bonds. The first-order chi connectivity index (χ1) is 9.87. The Morgan fingerprint density at radius 3 is 2.67 bits per heavy atom. The Bertz CT molecular complexity index is 374. The molecular weight excluding hydrogens is 294 g/mol. The summed E-state index contributed by atoms with van der Waals surface area (Å²) in [5, 5.41) is 0. The molecule has 0 radical (unpaired) electrons. The summed E-state index contributed by atoms with van der Waals surface area (Å²) in [4.78, 5) is 13.9. The van der Waals surface area contributed by atoms with Crippen LogP contribution in [-0.4, -0.2) is 61.7 Å². The van der Waals surface area contributed by atoms with Gasteiger partial charge in [-0.3, -0.25) is 4.79 Å². The number of halogens is 4. The van der Waals surface area contributed by atoms with Gasteiger partial charge in [-0.15, -0.1) is 0 Å². The molecular formula is C13H19F4NO3. The van der Waals surface area contributed by atoms with Gasteiger partial charge in [0.15, 0.2) is 0 Å². The molecule has 1 heterocycles. The van der Waals surface area contributed by atoms with Gasteiger partial charge in [-0.2, -0.15) is 8.78 Å². The van der Waals surface area contributed by atoms with E-state index in [0.717, 1.165) is 19.3 Å². The fourth-order valence-corrected chi connectivity index (χ4v) is 2.69. The number of alkyl halides is 4. The minimum Gasteiger partial charge on any atom is -0.377 e. The van der Waals surface area contributed by atoms with Crippen LogP contribution in [-0.2, 0) is 14.3 Å². The van der Waals surface area contributed by atoms with Gasteiger partial charge in [0.25, 0.3) is 0 Å². The fraction of sp³-hybridized carbons (Fsp3) is 0.923. The molecule has 0 aromatic carbocycles. The van der Waals surface area contributed by atoms with E-state index in [1.54, 1.807) is 4.90 Å². The second-order valence-corrected chi connectivity index (χ2v) is 5.54. The minimum atomic E-state index is -4.17. The molecule has 2 aliphatic rings. The van der Waals surface area contributed by atoms with Crippen LogP contribution in [0.3, 0.4) is 0 Å². The first kappa shape index (κ1) is 16.5. The van der Waals surface area contributed by atoms with Crippen LogP contribution >= 0.6 is 0 Å². The molecule has 0 aromatic heterocycles. The number of amides is 1. The van der Waals surface area contributed by atoms with Gasteiger partial charge >= 0.3 is 12.3 Å². The van der Waals surface area contributed by atoms with Crippen molar-refractivity contribution in [3.05, 3.63) is 0 Å². The highest BCUT2D eigenvalue weighted by Gasteiger charge is 2.46. The number of hydrogen-bond acceptors (Lipinski definition) is 3. The van der Waals surface area contributed by atoms with Gasteiger partial charge in [0.1, 0.15) is 6.61 Å². The van der Waals surface area contributed by atoms with E-state index >= 15 is 0 Å². The van der Waals surface area contributed by atoms with E-state index in [4.69, 9.17) is 4.74 Å². The molecule has 0 aromatic rings. The monoisotopic (exact) mass is 313 g/mol. The fourth-order valence-electron chi connectivity index (χ4n) is 2.69. The molecule has 4 nitrogen and oxygen atoms in total. The quantitative estimate of drug-likeness (QED) is 0.557. The van der Waals surface area contributed by atoms with Gasteiger partial charge in [-0.25, -0.2) is 8.78 Å². The highest BCUT2D eigenvalue weighted by atomic mass is 19.3. The summed E-state index contributed by atoms with van der Waals surface area (Å²) in [6.07, 6.45) is -1.05. The van der Waals surface area contributed by atoms with Crippen LogP contribution in [0.1, 0.15) is 25.7 Å². The zero-order valence-corrected chi connectivity index (χ0v) is 11.6. The maximum Gasteiger partial charge on any atom is 0.330 e. The highest BCUT2D eigenvalue weighted by molar-refractivity contribution is 5.77. The van der Waals surface area contributed by atoms with Crippen molar-refractivity contribution in [2.45, 2.75) is 43.6 Å².